The number of nitrogens with two attached hydrogens (primary N) is 1. The minimum Gasteiger partial charge on any atom is -0.376 e. The number of amides is 1. The van der Waals surface area contributed by atoms with Gasteiger partial charge in [-0.25, -0.2) is 0 Å². The summed E-state index contributed by atoms with van der Waals surface area (Å²) in [5.74, 6) is -0.265. The highest BCUT2D eigenvalue weighted by Gasteiger charge is 2.32. The molecule has 1 rings (SSSR count). The van der Waals surface area contributed by atoms with Crippen molar-refractivity contribution in [1.82, 2.24) is 10.2 Å². The lowest BCUT2D eigenvalue weighted by Gasteiger charge is -2.39. The highest BCUT2D eigenvalue weighted by atomic mass is 16.5. The predicted octanol–water partition coefficient (Wildman–Crippen LogP) is 1.51. The fraction of sp³-hybridized carbons (Fsp3) is 0.938. The third-order valence-corrected chi connectivity index (χ3v) is 4.33. The normalized spacial score (nSPS) is 26.8. The first-order valence-corrected chi connectivity index (χ1v) is 8.21. The van der Waals surface area contributed by atoms with Crippen molar-refractivity contribution in [2.75, 3.05) is 19.7 Å². The van der Waals surface area contributed by atoms with Crippen molar-refractivity contribution < 1.29 is 9.53 Å². The predicted molar refractivity (Wildman–Crippen MR) is 86.2 cm³/mol. The Hall–Kier alpha value is -0.650. The first-order chi connectivity index (χ1) is 9.78. The monoisotopic (exact) mass is 299 g/mol. The van der Waals surface area contributed by atoms with E-state index in [1.165, 1.54) is 0 Å². The lowest BCUT2D eigenvalue weighted by atomic mass is 9.93. The van der Waals surface area contributed by atoms with Crippen LogP contribution in [-0.2, 0) is 9.53 Å². The van der Waals surface area contributed by atoms with Crippen LogP contribution in [0.3, 0.4) is 0 Å². The molecule has 1 saturated heterocycles. The second kappa shape index (κ2) is 8.11. The lowest BCUT2D eigenvalue weighted by Crippen LogP contribution is -2.56. The summed E-state index contributed by atoms with van der Waals surface area (Å²) in [6.07, 6.45) is 3.12. The maximum absolute atomic E-state index is 11.7. The summed E-state index contributed by atoms with van der Waals surface area (Å²) in [6, 6.07) is 0.744. The molecule has 1 heterocycles. The van der Waals surface area contributed by atoms with E-state index in [1.54, 1.807) is 0 Å². The molecule has 1 aliphatic heterocycles. The fourth-order valence-electron chi connectivity index (χ4n) is 3.10. The molecule has 1 aliphatic rings. The Morgan fingerprint density at radius 2 is 2.19 bits per heavy atom. The number of ether oxygens (including phenoxy) is 1. The van der Waals surface area contributed by atoms with Gasteiger partial charge in [-0.15, -0.1) is 0 Å². The maximum Gasteiger partial charge on any atom is 0.237 e. The molecule has 0 bridgehead atoms. The highest BCUT2D eigenvalue weighted by Crippen LogP contribution is 2.18. The van der Waals surface area contributed by atoms with Gasteiger partial charge in [0, 0.05) is 18.6 Å². The molecule has 5 nitrogen and oxygen atoms in total. The SMILES string of the molecule is CCC1COC(C)CN1CCCC(C)(NC(C)C)C(N)=O. The summed E-state index contributed by atoms with van der Waals surface area (Å²) < 4.78 is 5.72. The van der Waals surface area contributed by atoms with E-state index in [2.05, 4.69) is 24.1 Å². The molecule has 1 fully saturated rings. The second-order valence-corrected chi connectivity index (χ2v) is 6.80. The van der Waals surface area contributed by atoms with E-state index in [0.717, 1.165) is 39.0 Å². The largest absolute Gasteiger partial charge is 0.376 e. The molecule has 0 aromatic carbocycles. The van der Waals surface area contributed by atoms with Crippen LogP contribution < -0.4 is 11.1 Å². The number of morpholine rings is 1. The van der Waals surface area contributed by atoms with E-state index in [4.69, 9.17) is 10.5 Å². The minimum absolute atomic E-state index is 0.245. The molecule has 0 aromatic rings. The van der Waals surface area contributed by atoms with Crippen LogP contribution in [0.5, 0.6) is 0 Å². The van der Waals surface area contributed by atoms with E-state index in [9.17, 15) is 4.79 Å². The molecule has 0 radical (unpaired) electrons. The molecule has 124 valence electrons. The molecular weight excluding hydrogens is 266 g/mol. The van der Waals surface area contributed by atoms with Gasteiger partial charge in [0.2, 0.25) is 5.91 Å². The summed E-state index contributed by atoms with van der Waals surface area (Å²) in [6.45, 7) is 13.1. The van der Waals surface area contributed by atoms with Crippen LogP contribution in [0.25, 0.3) is 0 Å². The number of hydrogen-bond donors (Lipinski definition) is 2. The van der Waals surface area contributed by atoms with Crippen LogP contribution in [0, 0.1) is 0 Å². The van der Waals surface area contributed by atoms with Gasteiger partial charge in [0.15, 0.2) is 0 Å². The highest BCUT2D eigenvalue weighted by molar-refractivity contribution is 5.84. The zero-order valence-electron chi connectivity index (χ0n) is 14.3. The number of primary amides is 1. The molecule has 3 N–H and O–H groups in total. The zero-order chi connectivity index (χ0) is 16.0. The van der Waals surface area contributed by atoms with E-state index < -0.39 is 5.54 Å². The maximum atomic E-state index is 11.7. The van der Waals surface area contributed by atoms with Gasteiger partial charge in [-0.1, -0.05) is 6.92 Å². The van der Waals surface area contributed by atoms with Crippen molar-refractivity contribution in [3.8, 4) is 0 Å². The summed E-state index contributed by atoms with van der Waals surface area (Å²) in [5, 5.41) is 3.31. The molecule has 3 unspecified atom stereocenters. The number of nitrogens with one attached hydrogen (secondary N) is 1. The van der Waals surface area contributed by atoms with Crippen LogP contribution in [0.2, 0.25) is 0 Å². The van der Waals surface area contributed by atoms with Gasteiger partial charge in [-0.05, 0) is 53.5 Å². The van der Waals surface area contributed by atoms with Crippen LogP contribution in [0.15, 0.2) is 0 Å². The molecule has 0 aliphatic carbocycles. The second-order valence-electron chi connectivity index (χ2n) is 6.80. The van der Waals surface area contributed by atoms with Crippen LogP contribution in [0.4, 0.5) is 0 Å². The van der Waals surface area contributed by atoms with Gasteiger partial charge in [0.25, 0.3) is 0 Å². The number of carbonyl (C=O) groups excluding carboxylic acids is 1. The van der Waals surface area contributed by atoms with E-state index in [0.29, 0.717) is 12.1 Å². The summed E-state index contributed by atoms with van der Waals surface area (Å²) in [4.78, 5) is 14.2. The average Bonchev–Trinajstić information content (AvgIpc) is 2.38. The van der Waals surface area contributed by atoms with Gasteiger partial charge >= 0.3 is 0 Å². The van der Waals surface area contributed by atoms with Crippen molar-refractivity contribution in [3.05, 3.63) is 0 Å². The number of rotatable bonds is 8. The standard InChI is InChI=1S/C16H33N3O2/c1-6-14-11-21-13(4)10-19(14)9-7-8-16(5,15(17)20)18-12(2)3/h12-14,18H,6-11H2,1-5H3,(H2,17,20). The molecule has 1 amide bonds. The molecular formula is C16H33N3O2. The van der Waals surface area contributed by atoms with Crippen molar-refractivity contribution in [2.24, 2.45) is 5.73 Å². The molecule has 0 aromatic heterocycles. The number of hydrogen-bond acceptors (Lipinski definition) is 4. The Kier molecular flexibility index (Phi) is 7.10. The number of carbonyl (C=O) groups is 1. The smallest absolute Gasteiger partial charge is 0.237 e. The van der Waals surface area contributed by atoms with E-state index in [-0.39, 0.29) is 11.9 Å². The average molecular weight is 299 g/mol. The Labute approximate surface area is 129 Å². The van der Waals surface area contributed by atoms with Gasteiger partial charge in [0.1, 0.15) is 0 Å². The number of nitrogens with zero attached hydrogens (tertiary/aromatic N) is 1. The fourth-order valence-corrected chi connectivity index (χ4v) is 3.10. The summed E-state index contributed by atoms with van der Waals surface area (Å²) in [7, 11) is 0. The summed E-state index contributed by atoms with van der Waals surface area (Å²) >= 11 is 0. The molecule has 5 heteroatoms. The Bertz CT molecular complexity index is 335. The summed E-state index contributed by atoms with van der Waals surface area (Å²) in [5.41, 5.74) is 4.96. The van der Waals surface area contributed by atoms with E-state index in [1.807, 2.05) is 20.8 Å². The van der Waals surface area contributed by atoms with Crippen LogP contribution in [-0.4, -0.2) is 54.2 Å². The van der Waals surface area contributed by atoms with E-state index >= 15 is 0 Å². The topological polar surface area (TPSA) is 67.6 Å². The Balaban J connectivity index is 2.50. The van der Waals surface area contributed by atoms with Crippen LogP contribution >= 0.6 is 0 Å². The van der Waals surface area contributed by atoms with Gasteiger partial charge in [0.05, 0.1) is 18.2 Å². The van der Waals surface area contributed by atoms with Crippen molar-refractivity contribution in [1.29, 1.82) is 0 Å². The lowest BCUT2D eigenvalue weighted by molar-refractivity contribution is -0.124. The van der Waals surface area contributed by atoms with Gasteiger partial charge in [-0.2, -0.15) is 0 Å². The minimum atomic E-state index is -0.617. The van der Waals surface area contributed by atoms with Crippen LogP contribution in [0.1, 0.15) is 53.9 Å². The Morgan fingerprint density at radius 1 is 1.52 bits per heavy atom. The molecule has 0 spiro atoms. The third kappa shape index (κ3) is 5.57. The van der Waals surface area contributed by atoms with Crippen molar-refractivity contribution in [2.45, 2.75) is 77.6 Å². The zero-order valence-corrected chi connectivity index (χ0v) is 14.3. The van der Waals surface area contributed by atoms with Gasteiger partial charge < -0.3 is 15.8 Å². The Morgan fingerprint density at radius 3 is 2.71 bits per heavy atom. The van der Waals surface area contributed by atoms with Gasteiger partial charge in [-0.3, -0.25) is 9.69 Å². The molecule has 21 heavy (non-hydrogen) atoms. The molecule has 3 atom stereocenters. The van der Waals surface area contributed by atoms with Crippen molar-refractivity contribution in [3.63, 3.8) is 0 Å². The quantitative estimate of drug-likeness (QED) is 0.713. The molecule has 0 saturated carbocycles. The third-order valence-electron chi connectivity index (χ3n) is 4.33. The first-order valence-electron chi connectivity index (χ1n) is 8.21. The first kappa shape index (κ1) is 18.4. The van der Waals surface area contributed by atoms with Crippen molar-refractivity contribution >= 4 is 5.91 Å².